The van der Waals surface area contributed by atoms with Crippen molar-refractivity contribution in [2.45, 2.75) is 38.6 Å². The molecule has 1 atom stereocenters. The van der Waals surface area contributed by atoms with Crippen LogP contribution < -0.4 is 16.0 Å². The molecule has 1 aromatic rings. The first-order chi connectivity index (χ1) is 7.86. The Morgan fingerprint density at radius 3 is 3.12 bits per heavy atom. The van der Waals surface area contributed by atoms with E-state index >= 15 is 0 Å². The number of benzene rings is 1. The Morgan fingerprint density at radius 2 is 2.38 bits per heavy atom. The summed E-state index contributed by atoms with van der Waals surface area (Å²) in [5.41, 5.74) is 5.42. The Morgan fingerprint density at radius 1 is 1.50 bits per heavy atom. The molecule has 3 nitrogen and oxygen atoms in total. The Balaban J connectivity index is 2.31. The molecule has 16 heavy (non-hydrogen) atoms. The Kier molecular flexibility index (Phi) is 3.80. The van der Waals surface area contributed by atoms with Crippen molar-refractivity contribution in [2.75, 3.05) is 6.61 Å². The lowest BCUT2D eigenvalue weighted by Gasteiger charge is -2.24. The smallest absolute Gasteiger partial charge is 0.127 e. The Hall–Kier alpha value is -1.06. The lowest BCUT2D eigenvalue weighted by atomic mass is 9.96. The largest absolute Gasteiger partial charge is 0.493 e. The number of para-hydroxylation sites is 1. The molecule has 0 bridgehead atoms. The van der Waals surface area contributed by atoms with Crippen LogP contribution in [-0.2, 0) is 6.42 Å². The van der Waals surface area contributed by atoms with E-state index in [0.29, 0.717) is 0 Å². The van der Waals surface area contributed by atoms with Crippen molar-refractivity contribution in [1.29, 1.82) is 0 Å². The van der Waals surface area contributed by atoms with E-state index in [4.69, 9.17) is 10.6 Å². The fraction of sp³-hybridized carbons (Fsp3) is 0.538. The van der Waals surface area contributed by atoms with Crippen molar-refractivity contribution in [3.63, 3.8) is 0 Å². The van der Waals surface area contributed by atoms with Crippen molar-refractivity contribution in [2.24, 2.45) is 5.84 Å². The van der Waals surface area contributed by atoms with Gasteiger partial charge < -0.3 is 4.74 Å². The molecule has 0 spiro atoms. The predicted molar refractivity (Wildman–Crippen MR) is 65.2 cm³/mol. The van der Waals surface area contributed by atoms with Crippen LogP contribution in [0.2, 0.25) is 0 Å². The van der Waals surface area contributed by atoms with E-state index < -0.39 is 0 Å². The third-order valence-corrected chi connectivity index (χ3v) is 3.12. The van der Waals surface area contributed by atoms with E-state index in [2.05, 4.69) is 30.5 Å². The van der Waals surface area contributed by atoms with Crippen LogP contribution in [0.25, 0.3) is 0 Å². The normalized spacial score (nSPS) is 16.4. The zero-order valence-electron chi connectivity index (χ0n) is 9.83. The van der Waals surface area contributed by atoms with Gasteiger partial charge >= 0.3 is 0 Å². The van der Waals surface area contributed by atoms with Gasteiger partial charge in [0.25, 0.3) is 0 Å². The van der Waals surface area contributed by atoms with E-state index in [-0.39, 0.29) is 6.04 Å². The highest BCUT2D eigenvalue weighted by atomic mass is 16.5. The average molecular weight is 220 g/mol. The maximum atomic E-state index is 5.79. The highest BCUT2D eigenvalue weighted by Gasteiger charge is 2.19. The average Bonchev–Trinajstić information content (AvgIpc) is 2.35. The van der Waals surface area contributed by atoms with Crippen molar-refractivity contribution < 1.29 is 4.74 Å². The first-order valence-corrected chi connectivity index (χ1v) is 6.07. The first kappa shape index (κ1) is 11.4. The maximum absolute atomic E-state index is 5.79. The van der Waals surface area contributed by atoms with Crippen molar-refractivity contribution in [3.05, 3.63) is 29.3 Å². The number of ether oxygens (including phenoxy) is 1. The molecule has 88 valence electrons. The lowest BCUT2D eigenvalue weighted by Crippen LogP contribution is -2.28. The maximum Gasteiger partial charge on any atom is 0.127 e. The molecule has 3 heteroatoms. The molecule has 3 N–H and O–H groups in total. The van der Waals surface area contributed by atoms with Gasteiger partial charge in [0.15, 0.2) is 0 Å². The van der Waals surface area contributed by atoms with Gasteiger partial charge in [-0.15, -0.1) is 0 Å². The monoisotopic (exact) mass is 220 g/mol. The Labute approximate surface area is 97.0 Å². The van der Waals surface area contributed by atoms with Crippen LogP contribution in [0.5, 0.6) is 5.75 Å². The summed E-state index contributed by atoms with van der Waals surface area (Å²) < 4.78 is 5.79. The molecule has 1 aliphatic heterocycles. The van der Waals surface area contributed by atoms with E-state index in [1.54, 1.807) is 0 Å². The summed E-state index contributed by atoms with van der Waals surface area (Å²) in [6.45, 7) is 2.99. The third kappa shape index (κ3) is 2.20. The molecule has 1 aliphatic rings. The van der Waals surface area contributed by atoms with Crippen LogP contribution in [0.4, 0.5) is 0 Å². The van der Waals surface area contributed by atoms with Gasteiger partial charge in [0.05, 0.1) is 6.61 Å². The second kappa shape index (κ2) is 5.32. The topological polar surface area (TPSA) is 47.3 Å². The second-order valence-corrected chi connectivity index (χ2v) is 4.30. The SMILES string of the molecule is CCCC(NN)c1cccc2c1OCCC2. The van der Waals surface area contributed by atoms with Gasteiger partial charge in [0.1, 0.15) is 5.75 Å². The number of aryl methyl sites for hydroxylation is 1. The molecule has 0 amide bonds. The first-order valence-electron chi connectivity index (χ1n) is 6.07. The van der Waals surface area contributed by atoms with Crippen molar-refractivity contribution >= 4 is 0 Å². The summed E-state index contributed by atoms with van der Waals surface area (Å²) >= 11 is 0. The van der Waals surface area contributed by atoms with Crippen LogP contribution in [-0.4, -0.2) is 6.61 Å². The van der Waals surface area contributed by atoms with Gasteiger partial charge in [0.2, 0.25) is 0 Å². The standard InChI is InChI=1S/C13H20N2O/c1-2-5-12(15-14)11-8-3-6-10-7-4-9-16-13(10)11/h3,6,8,12,15H,2,4-5,7,9,14H2,1H3. The number of nitrogens with one attached hydrogen (secondary N) is 1. The van der Waals surface area contributed by atoms with E-state index in [1.807, 2.05) is 0 Å². The summed E-state index contributed by atoms with van der Waals surface area (Å²) in [5.74, 6) is 6.68. The molecule has 1 heterocycles. The number of rotatable bonds is 4. The predicted octanol–water partition coefficient (Wildman–Crippen LogP) is 2.32. The molecule has 1 unspecified atom stereocenters. The molecule has 0 saturated carbocycles. The zero-order chi connectivity index (χ0) is 11.4. The van der Waals surface area contributed by atoms with Crippen LogP contribution in [0.3, 0.4) is 0 Å². The molecule has 0 aromatic heterocycles. The summed E-state index contributed by atoms with van der Waals surface area (Å²) in [7, 11) is 0. The zero-order valence-corrected chi connectivity index (χ0v) is 9.83. The fourth-order valence-electron chi connectivity index (χ4n) is 2.31. The van der Waals surface area contributed by atoms with Gasteiger partial charge in [-0.2, -0.15) is 0 Å². The minimum atomic E-state index is 0.207. The van der Waals surface area contributed by atoms with E-state index in [9.17, 15) is 0 Å². The number of fused-ring (bicyclic) bond motifs is 1. The number of hydrogen-bond acceptors (Lipinski definition) is 3. The highest BCUT2D eigenvalue weighted by Crippen LogP contribution is 2.34. The van der Waals surface area contributed by atoms with Crippen LogP contribution in [0.15, 0.2) is 18.2 Å². The molecule has 2 rings (SSSR count). The van der Waals surface area contributed by atoms with Gasteiger partial charge in [-0.1, -0.05) is 31.5 Å². The van der Waals surface area contributed by atoms with Gasteiger partial charge in [-0.05, 0) is 24.8 Å². The van der Waals surface area contributed by atoms with Gasteiger partial charge in [-0.3, -0.25) is 11.3 Å². The molecule has 1 aromatic carbocycles. The molecule has 0 fully saturated rings. The molecule has 0 radical (unpaired) electrons. The van der Waals surface area contributed by atoms with E-state index in [0.717, 1.165) is 38.0 Å². The molecule has 0 saturated heterocycles. The molecule has 0 aliphatic carbocycles. The lowest BCUT2D eigenvalue weighted by molar-refractivity contribution is 0.280. The number of hydrogen-bond donors (Lipinski definition) is 2. The van der Waals surface area contributed by atoms with Crippen LogP contribution >= 0.6 is 0 Å². The minimum Gasteiger partial charge on any atom is -0.493 e. The second-order valence-electron chi connectivity index (χ2n) is 4.30. The quantitative estimate of drug-likeness (QED) is 0.604. The summed E-state index contributed by atoms with van der Waals surface area (Å²) in [5, 5.41) is 0. The van der Waals surface area contributed by atoms with E-state index in [1.165, 1.54) is 11.1 Å². The van der Waals surface area contributed by atoms with Crippen LogP contribution in [0.1, 0.15) is 43.4 Å². The van der Waals surface area contributed by atoms with Crippen LogP contribution in [0, 0.1) is 0 Å². The number of hydrazine groups is 1. The minimum absolute atomic E-state index is 0.207. The molecular weight excluding hydrogens is 200 g/mol. The third-order valence-electron chi connectivity index (χ3n) is 3.12. The van der Waals surface area contributed by atoms with Crippen molar-refractivity contribution in [3.8, 4) is 5.75 Å². The Bertz CT molecular complexity index is 352. The van der Waals surface area contributed by atoms with Gasteiger partial charge in [0, 0.05) is 11.6 Å². The fourth-order valence-corrected chi connectivity index (χ4v) is 2.31. The van der Waals surface area contributed by atoms with Crippen molar-refractivity contribution in [1.82, 2.24) is 5.43 Å². The summed E-state index contributed by atoms with van der Waals surface area (Å²) in [4.78, 5) is 0. The van der Waals surface area contributed by atoms with Gasteiger partial charge in [-0.25, -0.2) is 0 Å². The summed E-state index contributed by atoms with van der Waals surface area (Å²) in [6, 6.07) is 6.57. The summed E-state index contributed by atoms with van der Waals surface area (Å²) in [6.07, 6.45) is 4.38. The highest BCUT2D eigenvalue weighted by molar-refractivity contribution is 5.44. The number of nitrogens with two attached hydrogens (primary N) is 1. The molecular formula is C13H20N2O.